The van der Waals surface area contributed by atoms with Crippen molar-refractivity contribution < 1.29 is 0 Å². The monoisotopic (exact) mass is 280 g/mol. The van der Waals surface area contributed by atoms with Gasteiger partial charge in [0.2, 0.25) is 0 Å². The first-order chi connectivity index (χ1) is 8.60. The van der Waals surface area contributed by atoms with Crippen LogP contribution in [0, 0.1) is 13.8 Å². The van der Waals surface area contributed by atoms with Gasteiger partial charge < -0.3 is 5.43 Å². The topological polar surface area (TPSA) is 63.8 Å². The summed E-state index contributed by atoms with van der Waals surface area (Å²) < 4.78 is 0. The van der Waals surface area contributed by atoms with Crippen LogP contribution in [0.1, 0.15) is 11.4 Å². The van der Waals surface area contributed by atoms with Crippen LogP contribution in [0.5, 0.6) is 0 Å². The summed E-state index contributed by atoms with van der Waals surface area (Å²) in [5, 5.41) is 1.61. The number of rotatable bonds is 3. The maximum atomic E-state index is 5.86. The van der Waals surface area contributed by atoms with Crippen LogP contribution in [0.3, 0.4) is 0 Å². The van der Waals surface area contributed by atoms with Crippen LogP contribution in [0.2, 0.25) is 5.02 Å². The van der Waals surface area contributed by atoms with Crippen LogP contribution in [-0.4, -0.2) is 9.97 Å². The summed E-state index contributed by atoms with van der Waals surface area (Å²) >= 11 is 7.42. The van der Waals surface area contributed by atoms with E-state index >= 15 is 0 Å². The smallest absolute Gasteiger partial charge is 0.147 e. The molecule has 0 radical (unpaired) electrons. The Morgan fingerprint density at radius 3 is 2.44 bits per heavy atom. The number of nitrogens with two attached hydrogens (primary N) is 1. The zero-order valence-electron chi connectivity index (χ0n) is 10.1. The Kier molecular flexibility index (Phi) is 4.06. The van der Waals surface area contributed by atoms with E-state index in [0.717, 1.165) is 20.5 Å². The van der Waals surface area contributed by atoms with Crippen molar-refractivity contribution in [2.75, 3.05) is 5.43 Å². The first kappa shape index (κ1) is 13.1. The molecule has 18 heavy (non-hydrogen) atoms. The van der Waals surface area contributed by atoms with E-state index in [1.54, 1.807) is 11.8 Å². The third kappa shape index (κ3) is 2.93. The van der Waals surface area contributed by atoms with Crippen molar-refractivity contribution in [3.8, 4) is 0 Å². The van der Waals surface area contributed by atoms with Gasteiger partial charge in [0.1, 0.15) is 16.7 Å². The van der Waals surface area contributed by atoms with Crippen LogP contribution in [0.4, 0.5) is 5.82 Å². The Hall–Kier alpha value is -1.30. The molecule has 2 rings (SSSR count). The third-order valence-corrected chi connectivity index (χ3v) is 3.73. The molecule has 2 aromatic rings. The highest BCUT2D eigenvalue weighted by molar-refractivity contribution is 7.99. The van der Waals surface area contributed by atoms with Crippen LogP contribution in [0.25, 0.3) is 0 Å². The Morgan fingerprint density at radius 2 is 1.83 bits per heavy atom. The lowest BCUT2D eigenvalue weighted by atomic mass is 10.3. The summed E-state index contributed by atoms with van der Waals surface area (Å²) in [6.07, 6.45) is 0. The number of aryl methyl sites for hydroxylation is 1. The van der Waals surface area contributed by atoms with E-state index in [2.05, 4.69) is 15.4 Å². The Morgan fingerprint density at radius 1 is 1.17 bits per heavy atom. The molecule has 4 nitrogen and oxygen atoms in total. The summed E-state index contributed by atoms with van der Waals surface area (Å²) in [7, 11) is 0. The normalized spacial score (nSPS) is 10.4. The zero-order valence-corrected chi connectivity index (χ0v) is 11.6. The summed E-state index contributed by atoms with van der Waals surface area (Å²) in [5.41, 5.74) is 3.52. The molecule has 0 aliphatic heterocycles. The lowest BCUT2D eigenvalue weighted by Crippen LogP contribution is -2.12. The van der Waals surface area contributed by atoms with Gasteiger partial charge in [-0.1, -0.05) is 23.4 Å². The number of aromatic nitrogens is 2. The Balaban J connectivity index is 2.34. The summed E-state index contributed by atoms with van der Waals surface area (Å²) in [6, 6.07) is 7.63. The average molecular weight is 281 g/mol. The number of benzene rings is 1. The number of hydrazine groups is 1. The fourth-order valence-electron chi connectivity index (χ4n) is 1.46. The van der Waals surface area contributed by atoms with E-state index in [9.17, 15) is 0 Å². The minimum Gasteiger partial charge on any atom is -0.308 e. The number of anilines is 1. The average Bonchev–Trinajstić information content (AvgIpc) is 2.36. The maximum Gasteiger partial charge on any atom is 0.147 e. The second-order valence-electron chi connectivity index (χ2n) is 3.75. The molecule has 0 spiro atoms. The van der Waals surface area contributed by atoms with Gasteiger partial charge in [0, 0.05) is 15.5 Å². The van der Waals surface area contributed by atoms with E-state index in [1.807, 2.05) is 38.1 Å². The maximum absolute atomic E-state index is 5.86. The molecule has 1 aromatic carbocycles. The molecule has 0 saturated carbocycles. The molecule has 0 unspecified atom stereocenters. The van der Waals surface area contributed by atoms with Gasteiger partial charge in [0.25, 0.3) is 0 Å². The molecular weight excluding hydrogens is 268 g/mol. The van der Waals surface area contributed by atoms with Crippen molar-refractivity contribution in [3.63, 3.8) is 0 Å². The van der Waals surface area contributed by atoms with E-state index in [-0.39, 0.29) is 0 Å². The van der Waals surface area contributed by atoms with Crippen molar-refractivity contribution >= 4 is 29.2 Å². The van der Waals surface area contributed by atoms with Gasteiger partial charge in [-0.05, 0) is 38.1 Å². The number of nitrogen functional groups attached to an aromatic ring is 1. The quantitative estimate of drug-likeness (QED) is 0.514. The molecule has 1 aromatic heterocycles. The SMILES string of the molecule is Cc1nc(NN)c(C)c(Sc2ccc(Cl)cc2)n1. The van der Waals surface area contributed by atoms with Gasteiger partial charge in [-0.15, -0.1) is 0 Å². The van der Waals surface area contributed by atoms with Crippen LogP contribution in [-0.2, 0) is 0 Å². The van der Waals surface area contributed by atoms with Crippen molar-refractivity contribution in [3.05, 3.63) is 40.7 Å². The molecule has 0 fully saturated rings. The predicted octanol–water partition coefficient (Wildman–Crippen LogP) is 3.18. The molecule has 0 bridgehead atoms. The molecule has 0 saturated heterocycles. The number of hydrogen-bond acceptors (Lipinski definition) is 5. The number of nitrogens with one attached hydrogen (secondary N) is 1. The van der Waals surface area contributed by atoms with Gasteiger partial charge in [0.15, 0.2) is 0 Å². The number of nitrogens with zero attached hydrogens (tertiary/aromatic N) is 2. The van der Waals surface area contributed by atoms with E-state index in [4.69, 9.17) is 17.4 Å². The number of halogens is 1. The number of hydrogen-bond donors (Lipinski definition) is 2. The molecule has 0 amide bonds. The largest absolute Gasteiger partial charge is 0.308 e. The van der Waals surface area contributed by atoms with Crippen LogP contribution < -0.4 is 11.3 Å². The highest BCUT2D eigenvalue weighted by Crippen LogP contribution is 2.31. The van der Waals surface area contributed by atoms with Gasteiger partial charge in [-0.25, -0.2) is 15.8 Å². The van der Waals surface area contributed by atoms with Crippen LogP contribution in [0.15, 0.2) is 34.2 Å². The molecule has 6 heteroatoms. The van der Waals surface area contributed by atoms with E-state index in [0.29, 0.717) is 11.6 Å². The first-order valence-corrected chi connectivity index (χ1v) is 6.55. The van der Waals surface area contributed by atoms with Gasteiger partial charge >= 0.3 is 0 Å². The minimum atomic E-state index is 0.652. The minimum absolute atomic E-state index is 0.652. The molecule has 0 aliphatic rings. The molecule has 1 heterocycles. The van der Waals surface area contributed by atoms with E-state index in [1.165, 1.54) is 0 Å². The molecule has 3 N–H and O–H groups in total. The molecule has 94 valence electrons. The fourth-order valence-corrected chi connectivity index (χ4v) is 2.51. The van der Waals surface area contributed by atoms with E-state index < -0.39 is 0 Å². The highest BCUT2D eigenvalue weighted by Gasteiger charge is 2.09. The van der Waals surface area contributed by atoms with Crippen LogP contribution >= 0.6 is 23.4 Å². The summed E-state index contributed by atoms with van der Waals surface area (Å²) in [4.78, 5) is 9.72. The van der Waals surface area contributed by atoms with Crippen molar-refractivity contribution in [2.24, 2.45) is 5.84 Å². The Bertz CT molecular complexity index is 557. The second-order valence-corrected chi connectivity index (χ2v) is 5.25. The lowest BCUT2D eigenvalue weighted by Gasteiger charge is -2.10. The Labute approximate surface area is 115 Å². The zero-order chi connectivity index (χ0) is 13.1. The lowest BCUT2D eigenvalue weighted by molar-refractivity contribution is 0.935. The summed E-state index contributed by atoms with van der Waals surface area (Å²) in [5.74, 6) is 6.77. The first-order valence-electron chi connectivity index (χ1n) is 5.35. The van der Waals surface area contributed by atoms with Crippen molar-refractivity contribution in [2.45, 2.75) is 23.8 Å². The van der Waals surface area contributed by atoms with Gasteiger partial charge in [-0.2, -0.15) is 0 Å². The third-order valence-electron chi connectivity index (χ3n) is 2.38. The van der Waals surface area contributed by atoms with Crippen molar-refractivity contribution in [1.29, 1.82) is 0 Å². The standard InChI is InChI=1S/C12H13ClN4S/c1-7-11(17-14)15-8(2)16-12(7)18-10-5-3-9(13)4-6-10/h3-6H,14H2,1-2H3,(H,15,16,17). The molecular formula is C12H13ClN4S. The molecule has 0 atom stereocenters. The molecule has 0 aliphatic carbocycles. The summed E-state index contributed by atoms with van der Waals surface area (Å²) in [6.45, 7) is 3.78. The predicted molar refractivity (Wildman–Crippen MR) is 74.9 cm³/mol. The fraction of sp³-hybridized carbons (Fsp3) is 0.167. The second kappa shape index (κ2) is 5.56. The van der Waals surface area contributed by atoms with Gasteiger partial charge in [0.05, 0.1) is 0 Å². The van der Waals surface area contributed by atoms with Gasteiger partial charge in [-0.3, -0.25) is 0 Å². The highest BCUT2D eigenvalue weighted by atomic mass is 35.5. The van der Waals surface area contributed by atoms with Crippen molar-refractivity contribution in [1.82, 2.24) is 9.97 Å².